The second-order valence-electron chi connectivity index (χ2n) is 7.68. The Morgan fingerprint density at radius 2 is 1.72 bits per heavy atom. The standard InChI is InChI=1S/C23H27N3O2.ClH/c27-22(19-8-4-14-24-16-19)25-20-12-10-18(11-13-20)23(28)26-15-5-9-21(26)17-6-2-1-3-7-17;/h1-3,6-7,10-13,19,21,24H,4-5,8-9,14-16H2,(H,25,27);1H. The van der Waals surface area contributed by atoms with Crippen molar-refractivity contribution in [1.82, 2.24) is 10.2 Å². The summed E-state index contributed by atoms with van der Waals surface area (Å²) in [6.07, 6.45) is 3.98. The fraction of sp³-hybridized carbons (Fsp3) is 0.391. The van der Waals surface area contributed by atoms with E-state index in [4.69, 9.17) is 0 Å². The van der Waals surface area contributed by atoms with Crippen LogP contribution in [-0.2, 0) is 4.79 Å². The van der Waals surface area contributed by atoms with Gasteiger partial charge in [-0.15, -0.1) is 12.4 Å². The maximum atomic E-state index is 13.0. The highest BCUT2D eigenvalue weighted by Gasteiger charge is 2.30. The van der Waals surface area contributed by atoms with Crippen molar-refractivity contribution in [3.8, 4) is 0 Å². The van der Waals surface area contributed by atoms with Crippen LogP contribution in [0.5, 0.6) is 0 Å². The quantitative estimate of drug-likeness (QED) is 0.795. The van der Waals surface area contributed by atoms with Crippen LogP contribution < -0.4 is 10.6 Å². The molecule has 0 spiro atoms. The summed E-state index contributed by atoms with van der Waals surface area (Å²) in [5, 5.41) is 6.24. The zero-order valence-corrected chi connectivity index (χ0v) is 17.3. The van der Waals surface area contributed by atoms with Gasteiger partial charge in [0.05, 0.1) is 12.0 Å². The molecule has 6 heteroatoms. The minimum Gasteiger partial charge on any atom is -0.332 e. The molecule has 5 nitrogen and oxygen atoms in total. The fourth-order valence-corrected chi connectivity index (χ4v) is 4.21. The van der Waals surface area contributed by atoms with E-state index in [9.17, 15) is 9.59 Å². The lowest BCUT2D eigenvalue weighted by molar-refractivity contribution is -0.120. The normalized spacial score (nSPS) is 21.3. The number of amides is 2. The van der Waals surface area contributed by atoms with Crippen LogP contribution in [0.2, 0.25) is 0 Å². The Kier molecular flexibility index (Phi) is 7.29. The largest absolute Gasteiger partial charge is 0.332 e. The predicted molar refractivity (Wildman–Crippen MR) is 117 cm³/mol. The van der Waals surface area contributed by atoms with E-state index in [0.717, 1.165) is 51.0 Å². The minimum atomic E-state index is 0. The molecule has 2 amide bonds. The highest BCUT2D eigenvalue weighted by atomic mass is 35.5. The van der Waals surface area contributed by atoms with Crippen LogP contribution in [0.3, 0.4) is 0 Å². The van der Waals surface area contributed by atoms with Gasteiger partial charge in [-0.2, -0.15) is 0 Å². The van der Waals surface area contributed by atoms with E-state index in [0.29, 0.717) is 5.56 Å². The molecule has 2 saturated heterocycles. The lowest BCUT2D eigenvalue weighted by Crippen LogP contribution is -2.37. The van der Waals surface area contributed by atoms with Crippen molar-refractivity contribution in [2.45, 2.75) is 31.7 Å². The number of hydrogen-bond donors (Lipinski definition) is 2. The number of halogens is 1. The summed E-state index contributed by atoms with van der Waals surface area (Å²) in [7, 11) is 0. The van der Waals surface area contributed by atoms with Crippen molar-refractivity contribution in [2.75, 3.05) is 25.0 Å². The third-order valence-corrected chi connectivity index (χ3v) is 5.77. The molecule has 29 heavy (non-hydrogen) atoms. The Hall–Kier alpha value is -2.37. The van der Waals surface area contributed by atoms with Gasteiger partial charge in [-0.3, -0.25) is 9.59 Å². The second-order valence-corrected chi connectivity index (χ2v) is 7.68. The van der Waals surface area contributed by atoms with E-state index in [1.807, 2.05) is 47.4 Å². The van der Waals surface area contributed by atoms with E-state index in [1.54, 1.807) is 0 Å². The van der Waals surface area contributed by atoms with E-state index in [1.165, 1.54) is 5.56 Å². The summed E-state index contributed by atoms with van der Waals surface area (Å²) < 4.78 is 0. The average Bonchev–Trinajstić information content (AvgIpc) is 3.25. The molecular formula is C23H28ClN3O2. The smallest absolute Gasteiger partial charge is 0.254 e. The van der Waals surface area contributed by atoms with Crippen molar-refractivity contribution in [2.24, 2.45) is 5.92 Å². The Morgan fingerprint density at radius 1 is 0.966 bits per heavy atom. The van der Waals surface area contributed by atoms with Crippen LogP contribution in [0.15, 0.2) is 54.6 Å². The Labute approximate surface area is 178 Å². The van der Waals surface area contributed by atoms with E-state index < -0.39 is 0 Å². The number of nitrogens with one attached hydrogen (secondary N) is 2. The number of benzene rings is 2. The number of hydrogen-bond acceptors (Lipinski definition) is 3. The minimum absolute atomic E-state index is 0. The van der Waals surface area contributed by atoms with Gasteiger partial charge in [0.25, 0.3) is 5.91 Å². The molecule has 2 aliphatic rings. The van der Waals surface area contributed by atoms with Crippen molar-refractivity contribution >= 4 is 29.9 Å². The SMILES string of the molecule is Cl.O=C(Nc1ccc(C(=O)N2CCCC2c2ccccc2)cc1)C1CCCNC1. The van der Waals surface area contributed by atoms with Gasteiger partial charge >= 0.3 is 0 Å². The molecule has 0 saturated carbocycles. The maximum Gasteiger partial charge on any atom is 0.254 e. The first-order valence-corrected chi connectivity index (χ1v) is 10.2. The number of nitrogens with zero attached hydrogens (tertiary/aromatic N) is 1. The van der Waals surface area contributed by atoms with Gasteiger partial charge in [0, 0.05) is 24.3 Å². The molecule has 2 aromatic rings. The number of likely N-dealkylation sites (tertiary alicyclic amines) is 1. The van der Waals surface area contributed by atoms with Crippen molar-refractivity contribution in [1.29, 1.82) is 0 Å². The number of carbonyl (C=O) groups is 2. The molecule has 2 aliphatic heterocycles. The van der Waals surface area contributed by atoms with Gasteiger partial charge < -0.3 is 15.5 Å². The third-order valence-electron chi connectivity index (χ3n) is 5.77. The Morgan fingerprint density at radius 3 is 2.41 bits per heavy atom. The number of rotatable bonds is 4. The maximum absolute atomic E-state index is 13.0. The molecule has 2 N–H and O–H groups in total. The first-order chi connectivity index (χ1) is 13.7. The topological polar surface area (TPSA) is 61.4 Å². The summed E-state index contributed by atoms with van der Waals surface area (Å²) in [5.41, 5.74) is 2.60. The van der Waals surface area contributed by atoms with Gasteiger partial charge in [0.2, 0.25) is 5.91 Å². The summed E-state index contributed by atoms with van der Waals surface area (Å²) in [6.45, 7) is 2.50. The monoisotopic (exact) mass is 413 g/mol. The van der Waals surface area contributed by atoms with E-state index in [-0.39, 0.29) is 36.2 Å². The molecule has 0 radical (unpaired) electrons. The zero-order valence-electron chi connectivity index (χ0n) is 16.5. The Balaban J connectivity index is 0.00000240. The summed E-state index contributed by atoms with van der Waals surface area (Å²) in [6, 6.07) is 17.7. The summed E-state index contributed by atoms with van der Waals surface area (Å²) in [4.78, 5) is 27.4. The highest BCUT2D eigenvalue weighted by Crippen LogP contribution is 2.33. The molecule has 154 valence electrons. The number of piperidine rings is 1. The molecule has 0 aliphatic carbocycles. The molecule has 0 bridgehead atoms. The van der Waals surface area contributed by atoms with Crippen LogP contribution in [0, 0.1) is 5.92 Å². The molecule has 2 atom stereocenters. The van der Waals surface area contributed by atoms with E-state index >= 15 is 0 Å². The zero-order chi connectivity index (χ0) is 19.3. The molecule has 4 rings (SSSR count). The van der Waals surface area contributed by atoms with Gasteiger partial charge in [0.15, 0.2) is 0 Å². The fourth-order valence-electron chi connectivity index (χ4n) is 4.21. The lowest BCUT2D eigenvalue weighted by Gasteiger charge is -2.25. The number of anilines is 1. The predicted octanol–water partition coefficient (Wildman–Crippen LogP) is 4.02. The van der Waals surface area contributed by atoms with Crippen molar-refractivity contribution in [3.05, 3.63) is 65.7 Å². The van der Waals surface area contributed by atoms with Gasteiger partial charge in [0.1, 0.15) is 0 Å². The van der Waals surface area contributed by atoms with Crippen LogP contribution >= 0.6 is 12.4 Å². The van der Waals surface area contributed by atoms with Crippen molar-refractivity contribution in [3.63, 3.8) is 0 Å². The molecular weight excluding hydrogens is 386 g/mol. The molecule has 0 aromatic heterocycles. The molecule has 2 aromatic carbocycles. The highest BCUT2D eigenvalue weighted by molar-refractivity contribution is 5.96. The molecule has 2 unspecified atom stereocenters. The van der Waals surface area contributed by atoms with Crippen molar-refractivity contribution < 1.29 is 9.59 Å². The third kappa shape index (κ3) is 4.98. The van der Waals surface area contributed by atoms with Crippen LogP contribution in [-0.4, -0.2) is 36.3 Å². The molecule has 2 fully saturated rings. The van der Waals surface area contributed by atoms with Crippen LogP contribution in [0.1, 0.15) is 47.6 Å². The van der Waals surface area contributed by atoms with Gasteiger partial charge in [-0.25, -0.2) is 0 Å². The molecule has 2 heterocycles. The number of carbonyl (C=O) groups excluding carboxylic acids is 2. The van der Waals surface area contributed by atoms with Crippen LogP contribution in [0.25, 0.3) is 0 Å². The Bertz CT molecular complexity index is 820. The summed E-state index contributed by atoms with van der Waals surface area (Å²) in [5.74, 6) is 0.127. The first-order valence-electron chi connectivity index (χ1n) is 10.2. The lowest BCUT2D eigenvalue weighted by atomic mass is 9.99. The second kappa shape index (κ2) is 9.90. The first kappa shape index (κ1) is 21.3. The van der Waals surface area contributed by atoms with Gasteiger partial charge in [-0.1, -0.05) is 30.3 Å². The van der Waals surface area contributed by atoms with E-state index in [2.05, 4.69) is 22.8 Å². The van der Waals surface area contributed by atoms with Crippen LogP contribution in [0.4, 0.5) is 5.69 Å². The average molecular weight is 414 g/mol. The van der Waals surface area contributed by atoms with Gasteiger partial charge in [-0.05, 0) is 62.1 Å². The summed E-state index contributed by atoms with van der Waals surface area (Å²) >= 11 is 0.